The predicted molar refractivity (Wildman–Crippen MR) is 137 cm³/mol. The summed E-state index contributed by atoms with van der Waals surface area (Å²) in [6.45, 7) is 0. The summed E-state index contributed by atoms with van der Waals surface area (Å²) in [6, 6.07) is 27.0. The molecular weight excluding hydrogens is 467 g/mol. The van der Waals surface area contributed by atoms with E-state index in [1.54, 1.807) is 6.26 Å². The van der Waals surface area contributed by atoms with Gasteiger partial charge in [0.2, 0.25) is 5.95 Å². The summed E-state index contributed by atoms with van der Waals surface area (Å²) >= 11 is 12.4. The molecule has 3 heterocycles. The summed E-state index contributed by atoms with van der Waals surface area (Å²) in [4.78, 5) is 9.86. The average molecular weight is 485 g/mol. The second-order valence-corrected chi connectivity index (χ2v) is 8.91. The lowest BCUT2D eigenvalue weighted by molar-refractivity contribution is 0.463. The van der Waals surface area contributed by atoms with E-state index in [4.69, 9.17) is 42.7 Å². The topological polar surface area (TPSA) is 54.5 Å². The second-order valence-electron chi connectivity index (χ2n) is 8.03. The van der Waals surface area contributed by atoms with Crippen molar-refractivity contribution in [2.75, 3.05) is 5.01 Å². The van der Waals surface area contributed by atoms with Crippen molar-refractivity contribution in [3.63, 3.8) is 0 Å². The van der Waals surface area contributed by atoms with Gasteiger partial charge < -0.3 is 4.42 Å². The smallest absolute Gasteiger partial charge is 0.248 e. The van der Waals surface area contributed by atoms with Crippen LogP contribution < -0.4 is 5.01 Å². The SMILES string of the molecule is Clc1ccc(C2=NN(c3nc(-c4ccccc4)c4cc(Cl)ccc4n3)C(c3ccco3)C2)cc1. The zero-order valence-electron chi connectivity index (χ0n) is 17.9. The van der Waals surface area contributed by atoms with Crippen LogP contribution in [0.2, 0.25) is 10.0 Å². The van der Waals surface area contributed by atoms with Crippen LogP contribution in [0.15, 0.2) is 101 Å². The Morgan fingerprint density at radius 2 is 1.59 bits per heavy atom. The molecule has 0 amide bonds. The van der Waals surface area contributed by atoms with Gasteiger partial charge in [-0.25, -0.2) is 15.0 Å². The largest absolute Gasteiger partial charge is 0.467 e. The fourth-order valence-electron chi connectivity index (χ4n) is 4.22. The monoisotopic (exact) mass is 484 g/mol. The van der Waals surface area contributed by atoms with Gasteiger partial charge in [-0.05, 0) is 48.0 Å². The van der Waals surface area contributed by atoms with E-state index in [9.17, 15) is 0 Å². The Labute approximate surface area is 206 Å². The third-order valence-electron chi connectivity index (χ3n) is 5.86. The lowest BCUT2D eigenvalue weighted by Gasteiger charge is -2.21. The van der Waals surface area contributed by atoms with Crippen molar-refractivity contribution in [2.45, 2.75) is 12.5 Å². The van der Waals surface area contributed by atoms with Crippen LogP contribution in [-0.4, -0.2) is 15.7 Å². The van der Waals surface area contributed by atoms with Crippen LogP contribution in [0.1, 0.15) is 23.8 Å². The number of fused-ring (bicyclic) bond motifs is 1. The standard InChI is InChI=1S/C27H18Cl2N4O/c28-19-10-8-17(9-11-19)23-16-24(25-7-4-14-34-25)33(32-23)27-30-22-13-12-20(29)15-21(22)26(31-27)18-5-2-1-3-6-18/h1-15,24H,16H2. The van der Waals surface area contributed by atoms with Crippen molar-refractivity contribution in [1.29, 1.82) is 0 Å². The summed E-state index contributed by atoms with van der Waals surface area (Å²) in [5.74, 6) is 1.30. The Balaban J connectivity index is 1.53. The Morgan fingerprint density at radius 3 is 2.35 bits per heavy atom. The molecule has 0 saturated heterocycles. The normalized spacial score (nSPS) is 15.6. The van der Waals surface area contributed by atoms with E-state index < -0.39 is 0 Å². The molecule has 5 nitrogen and oxygen atoms in total. The molecule has 1 unspecified atom stereocenters. The molecule has 0 spiro atoms. The highest BCUT2D eigenvalue weighted by atomic mass is 35.5. The zero-order chi connectivity index (χ0) is 23.1. The van der Waals surface area contributed by atoms with Crippen molar-refractivity contribution in [2.24, 2.45) is 5.10 Å². The summed E-state index contributed by atoms with van der Waals surface area (Å²) in [6.07, 6.45) is 2.32. The van der Waals surface area contributed by atoms with E-state index in [0.29, 0.717) is 22.4 Å². The summed E-state index contributed by atoms with van der Waals surface area (Å²) in [5, 5.41) is 9.01. The highest BCUT2D eigenvalue weighted by Gasteiger charge is 2.34. The van der Waals surface area contributed by atoms with Crippen LogP contribution in [0.4, 0.5) is 5.95 Å². The molecule has 6 rings (SSSR count). The zero-order valence-corrected chi connectivity index (χ0v) is 19.4. The number of aromatic nitrogens is 2. The first kappa shape index (κ1) is 20.9. The van der Waals surface area contributed by atoms with Crippen molar-refractivity contribution in [3.05, 3.63) is 113 Å². The number of hydrazone groups is 1. The van der Waals surface area contributed by atoms with E-state index in [0.717, 1.165) is 39.2 Å². The van der Waals surface area contributed by atoms with Crippen LogP contribution in [0.3, 0.4) is 0 Å². The molecular formula is C27H18Cl2N4O. The molecule has 0 saturated carbocycles. The van der Waals surface area contributed by atoms with Gasteiger partial charge in [-0.1, -0.05) is 65.7 Å². The minimum absolute atomic E-state index is 0.172. The molecule has 166 valence electrons. The van der Waals surface area contributed by atoms with E-state index in [1.165, 1.54) is 0 Å². The maximum absolute atomic E-state index is 6.32. The highest BCUT2D eigenvalue weighted by Crippen LogP contribution is 2.38. The van der Waals surface area contributed by atoms with Crippen molar-refractivity contribution in [1.82, 2.24) is 9.97 Å². The maximum atomic E-state index is 6.32. The number of anilines is 1. The average Bonchev–Trinajstić information content (AvgIpc) is 3.55. The summed E-state index contributed by atoms with van der Waals surface area (Å²) in [5.41, 5.74) is 4.49. The van der Waals surface area contributed by atoms with Gasteiger partial charge in [0.05, 0.1) is 23.2 Å². The van der Waals surface area contributed by atoms with Gasteiger partial charge >= 0.3 is 0 Å². The van der Waals surface area contributed by atoms with Gasteiger partial charge in [0.15, 0.2) is 0 Å². The second kappa shape index (κ2) is 8.60. The Kier molecular flexibility index (Phi) is 5.28. The lowest BCUT2D eigenvalue weighted by atomic mass is 10.0. The molecule has 0 aliphatic carbocycles. The van der Waals surface area contributed by atoms with Gasteiger partial charge in [-0.3, -0.25) is 0 Å². The first-order chi connectivity index (χ1) is 16.7. The molecule has 34 heavy (non-hydrogen) atoms. The first-order valence-corrected chi connectivity index (χ1v) is 11.6. The van der Waals surface area contributed by atoms with Crippen molar-refractivity contribution < 1.29 is 4.42 Å². The predicted octanol–water partition coefficient (Wildman–Crippen LogP) is 7.55. The molecule has 0 radical (unpaired) electrons. The molecule has 2 aromatic heterocycles. The van der Waals surface area contributed by atoms with Crippen molar-refractivity contribution in [3.8, 4) is 11.3 Å². The summed E-state index contributed by atoms with van der Waals surface area (Å²) < 4.78 is 5.78. The Bertz CT molecular complexity index is 1500. The van der Waals surface area contributed by atoms with Crippen LogP contribution >= 0.6 is 23.2 Å². The third-order valence-corrected chi connectivity index (χ3v) is 6.34. The van der Waals surface area contributed by atoms with Crippen LogP contribution in [-0.2, 0) is 0 Å². The first-order valence-electron chi connectivity index (χ1n) is 10.8. The number of nitrogens with zero attached hydrogens (tertiary/aromatic N) is 4. The fourth-order valence-corrected chi connectivity index (χ4v) is 4.52. The van der Waals surface area contributed by atoms with Gasteiger partial charge in [0.1, 0.15) is 11.8 Å². The lowest BCUT2D eigenvalue weighted by Crippen LogP contribution is -2.20. The van der Waals surface area contributed by atoms with Gasteiger partial charge in [-0.15, -0.1) is 0 Å². The fraction of sp³-hybridized carbons (Fsp3) is 0.0741. The molecule has 3 aromatic carbocycles. The molecule has 0 fully saturated rings. The number of hydrogen-bond acceptors (Lipinski definition) is 5. The van der Waals surface area contributed by atoms with E-state index >= 15 is 0 Å². The van der Waals surface area contributed by atoms with Crippen molar-refractivity contribution >= 4 is 45.8 Å². The van der Waals surface area contributed by atoms with E-state index in [-0.39, 0.29) is 6.04 Å². The maximum Gasteiger partial charge on any atom is 0.248 e. The highest BCUT2D eigenvalue weighted by molar-refractivity contribution is 6.31. The molecule has 1 aliphatic rings. The number of benzene rings is 3. The molecule has 1 aliphatic heterocycles. The van der Waals surface area contributed by atoms with E-state index in [1.807, 2.05) is 89.9 Å². The van der Waals surface area contributed by atoms with Crippen LogP contribution in [0.25, 0.3) is 22.2 Å². The Hall–Kier alpha value is -3.67. The minimum Gasteiger partial charge on any atom is -0.467 e. The Morgan fingerprint density at radius 1 is 0.794 bits per heavy atom. The number of hydrogen-bond donors (Lipinski definition) is 0. The third kappa shape index (κ3) is 3.83. The van der Waals surface area contributed by atoms with Gasteiger partial charge in [0.25, 0.3) is 0 Å². The molecule has 0 bridgehead atoms. The number of rotatable bonds is 4. The molecule has 0 N–H and O–H groups in total. The number of halogens is 2. The van der Waals surface area contributed by atoms with Crippen LogP contribution in [0, 0.1) is 0 Å². The molecule has 1 atom stereocenters. The van der Waals surface area contributed by atoms with E-state index in [2.05, 4.69) is 0 Å². The molecule has 5 aromatic rings. The summed E-state index contributed by atoms with van der Waals surface area (Å²) in [7, 11) is 0. The van der Waals surface area contributed by atoms with Crippen LogP contribution in [0.5, 0.6) is 0 Å². The van der Waals surface area contributed by atoms with Gasteiger partial charge in [0, 0.05) is 27.4 Å². The van der Waals surface area contributed by atoms with Gasteiger partial charge in [-0.2, -0.15) is 5.10 Å². The minimum atomic E-state index is -0.172. The number of furan rings is 1. The quantitative estimate of drug-likeness (QED) is 0.264. The molecule has 7 heteroatoms.